The number of alkyl halides is 1. The Balaban J connectivity index is 1.26. The minimum Gasteiger partial charge on any atom is -0.496 e. The first-order chi connectivity index (χ1) is 17.4. The van der Waals surface area contributed by atoms with Gasteiger partial charge in [0.2, 0.25) is 0 Å². The van der Waals surface area contributed by atoms with Crippen LogP contribution in [0.3, 0.4) is 0 Å². The van der Waals surface area contributed by atoms with E-state index in [9.17, 15) is 13.6 Å². The number of carbonyl (C=O) groups excluding carboxylic acids is 1. The summed E-state index contributed by atoms with van der Waals surface area (Å²) in [6.45, 7) is 3.86. The molecule has 2 aliphatic heterocycles. The number of hydrogen-bond donors (Lipinski definition) is 2. The van der Waals surface area contributed by atoms with Crippen molar-refractivity contribution in [2.24, 2.45) is 0 Å². The van der Waals surface area contributed by atoms with Crippen LogP contribution in [0, 0.1) is 12.7 Å². The van der Waals surface area contributed by atoms with Crippen LogP contribution in [-0.4, -0.2) is 70.0 Å². The van der Waals surface area contributed by atoms with Crippen molar-refractivity contribution >= 4 is 6.03 Å². The summed E-state index contributed by atoms with van der Waals surface area (Å²) in [4.78, 5) is 21.1. The molecule has 4 heterocycles. The smallest absolute Gasteiger partial charge is 0.318 e. The normalized spacial score (nSPS) is 20.2. The highest BCUT2D eigenvalue weighted by atomic mass is 19.1. The topological polar surface area (TPSA) is 86.4 Å². The first-order valence-corrected chi connectivity index (χ1v) is 12.2. The third-order valence-electron chi connectivity index (χ3n) is 6.99. The summed E-state index contributed by atoms with van der Waals surface area (Å²) in [6, 6.07) is 7.57. The predicted octanol–water partition coefficient (Wildman–Crippen LogP) is 3.61. The van der Waals surface area contributed by atoms with Crippen molar-refractivity contribution in [3.8, 4) is 17.0 Å². The van der Waals surface area contributed by atoms with Gasteiger partial charge < -0.3 is 15.0 Å². The second-order valence-electron chi connectivity index (χ2n) is 9.40. The fraction of sp³-hybridized carbons (Fsp3) is 0.423. The third-order valence-corrected chi connectivity index (χ3v) is 6.99. The number of H-pyrrole nitrogens is 1. The average Bonchev–Trinajstić information content (AvgIpc) is 3.30. The van der Waals surface area contributed by atoms with E-state index < -0.39 is 12.2 Å². The fourth-order valence-corrected chi connectivity index (χ4v) is 5.03. The highest BCUT2D eigenvalue weighted by Gasteiger charge is 2.33. The number of methoxy groups -OCH3 is 1. The maximum Gasteiger partial charge on any atom is 0.318 e. The number of amides is 2. The van der Waals surface area contributed by atoms with E-state index >= 15 is 0 Å². The van der Waals surface area contributed by atoms with E-state index in [-0.39, 0.29) is 31.4 Å². The van der Waals surface area contributed by atoms with Gasteiger partial charge >= 0.3 is 6.03 Å². The van der Waals surface area contributed by atoms with E-state index in [0.29, 0.717) is 37.4 Å². The van der Waals surface area contributed by atoms with Crippen molar-refractivity contribution < 1.29 is 18.3 Å². The van der Waals surface area contributed by atoms with Crippen molar-refractivity contribution in [1.29, 1.82) is 0 Å². The fourth-order valence-electron chi connectivity index (χ4n) is 5.03. The number of aryl methyl sites for hydroxylation is 1. The van der Waals surface area contributed by atoms with Crippen molar-refractivity contribution in [3.63, 3.8) is 0 Å². The Morgan fingerprint density at radius 1 is 1.31 bits per heavy atom. The molecule has 1 fully saturated rings. The minimum atomic E-state index is -1.17. The molecular weight excluding hydrogens is 466 g/mol. The molecule has 1 aromatic carbocycles. The lowest BCUT2D eigenvalue weighted by atomic mass is 10.0. The summed E-state index contributed by atoms with van der Waals surface area (Å²) in [5.74, 6) is 0.101. The van der Waals surface area contributed by atoms with Crippen molar-refractivity contribution in [3.05, 3.63) is 64.9 Å². The number of aromatic nitrogens is 3. The van der Waals surface area contributed by atoms with Gasteiger partial charge in [-0.15, -0.1) is 0 Å². The zero-order chi connectivity index (χ0) is 25.2. The molecule has 10 heteroatoms. The molecular formula is C26H30F2N6O2. The maximum absolute atomic E-state index is 14.8. The van der Waals surface area contributed by atoms with Gasteiger partial charge in [-0.05, 0) is 37.6 Å². The largest absolute Gasteiger partial charge is 0.496 e. The standard InChI is InChI=1S/C26H30F2N6O2/c1-16-12-17(6-9-29-16)25-19-14-34(11-8-22(19)31-32-25)26(35)30-23-15-33(10-7-21(23)28)13-18-20(27)4-3-5-24(18)36-2/h3-6,9,12,21,23H,7-8,10-11,13-15H2,1-2H3,(H,30,35)(H,31,32). The molecule has 0 radical (unpaired) electrons. The number of urea groups is 1. The second kappa shape index (κ2) is 10.2. The van der Waals surface area contributed by atoms with Crippen LogP contribution in [0.2, 0.25) is 0 Å². The number of rotatable bonds is 5. The maximum atomic E-state index is 14.8. The number of piperidine rings is 1. The molecule has 2 amide bonds. The Morgan fingerprint density at radius 3 is 2.97 bits per heavy atom. The van der Waals surface area contributed by atoms with Gasteiger partial charge in [0.05, 0.1) is 25.4 Å². The number of nitrogens with one attached hydrogen (secondary N) is 2. The highest BCUT2D eigenvalue weighted by molar-refractivity contribution is 5.76. The molecule has 2 unspecified atom stereocenters. The van der Waals surface area contributed by atoms with Crippen LogP contribution >= 0.6 is 0 Å². The zero-order valence-corrected chi connectivity index (χ0v) is 20.4. The van der Waals surface area contributed by atoms with Gasteiger partial charge in [-0.1, -0.05) is 6.07 Å². The Bertz CT molecular complexity index is 1250. The highest BCUT2D eigenvalue weighted by Crippen LogP contribution is 2.29. The van der Waals surface area contributed by atoms with Gasteiger partial charge in [0, 0.05) is 66.9 Å². The molecule has 0 aliphatic carbocycles. The van der Waals surface area contributed by atoms with E-state index in [1.807, 2.05) is 24.0 Å². The number of halogens is 2. The second-order valence-corrected chi connectivity index (χ2v) is 9.40. The van der Waals surface area contributed by atoms with Gasteiger partial charge in [0.15, 0.2) is 0 Å². The number of ether oxygens (including phenoxy) is 1. The van der Waals surface area contributed by atoms with Gasteiger partial charge in [0.25, 0.3) is 0 Å². The van der Waals surface area contributed by atoms with E-state index in [2.05, 4.69) is 20.5 Å². The molecule has 1 saturated heterocycles. The number of nitrogens with zero attached hydrogens (tertiary/aromatic N) is 4. The van der Waals surface area contributed by atoms with Crippen LogP contribution in [-0.2, 0) is 19.5 Å². The summed E-state index contributed by atoms with van der Waals surface area (Å²) in [7, 11) is 1.50. The van der Waals surface area contributed by atoms with E-state index in [1.54, 1.807) is 23.2 Å². The summed E-state index contributed by atoms with van der Waals surface area (Å²) in [5.41, 5.74) is 5.05. The van der Waals surface area contributed by atoms with Crippen LogP contribution in [0.1, 0.15) is 28.9 Å². The number of carbonyl (C=O) groups is 1. The first kappa shape index (κ1) is 24.2. The average molecular weight is 497 g/mol. The van der Waals surface area contributed by atoms with Crippen molar-refractivity contribution in [2.45, 2.75) is 45.1 Å². The predicted molar refractivity (Wildman–Crippen MR) is 131 cm³/mol. The Morgan fingerprint density at radius 2 is 2.17 bits per heavy atom. The molecule has 5 rings (SSSR count). The number of benzene rings is 1. The van der Waals surface area contributed by atoms with Gasteiger partial charge in [-0.3, -0.25) is 15.0 Å². The van der Waals surface area contributed by atoms with Crippen LogP contribution in [0.25, 0.3) is 11.3 Å². The first-order valence-electron chi connectivity index (χ1n) is 12.2. The zero-order valence-electron chi connectivity index (χ0n) is 20.4. The molecule has 8 nitrogen and oxygen atoms in total. The SMILES string of the molecule is COc1cccc(F)c1CN1CCC(F)C(NC(=O)N2CCc3[nH]nc(-c4ccnc(C)c4)c3C2)C1. The molecule has 2 aliphatic rings. The summed E-state index contributed by atoms with van der Waals surface area (Å²) >= 11 is 0. The number of fused-ring (bicyclic) bond motifs is 1. The van der Waals surface area contributed by atoms with Crippen LogP contribution in [0.5, 0.6) is 5.75 Å². The Hall–Kier alpha value is -3.53. The number of pyridine rings is 1. The van der Waals surface area contributed by atoms with Gasteiger partial charge in [-0.25, -0.2) is 13.6 Å². The molecule has 0 spiro atoms. The monoisotopic (exact) mass is 496 g/mol. The molecule has 190 valence electrons. The Labute approximate surface area is 208 Å². The van der Waals surface area contributed by atoms with Crippen LogP contribution in [0.15, 0.2) is 36.5 Å². The minimum absolute atomic E-state index is 0.263. The Kier molecular flexibility index (Phi) is 6.86. The van der Waals surface area contributed by atoms with E-state index in [0.717, 1.165) is 28.2 Å². The molecule has 0 bridgehead atoms. The lowest BCUT2D eigenvalue weighted by Crippen LogP contribution is -2.56. The summed E-state index contributed by atoms with van der Waals surface area (Å²) < 4.78 is 34.6. The molecule has 2 N–H and O–H groups in total. The lowest BCUT2D eigenvalue weighted by molar-refractivity contribution is 0.0997. The molecule has 0 saturated carbocycles. The quantitative estimate of drug-likeness (QED) is 0.564. The molecule has 2 atom stereocenters. The number of aromatic amines is 1. The lowest BCUT2D eigenvalue weighted by Gasteiger charge is -2.37. The van der Waals surface area contributed by atoms with Gasteiger partial charge in [-0.2, -0.15) is 5.10 Å². The number of likely N-dealkylation sites (tertiary alicyclic amines) is 1. The van der Waals surface area contributed by atoms with E-state index in [1.165, 1.54) is 13.2 Å². The van der Waals surface area contributed by atoms with Gasteiger partial charge in [0.1, 0.15) is 17.7 Å². The molecule has 3 aromatic rings. The van der Waals surface area contributed by atoms with Crippen LogP contribution in [0.4, 0.5) is 13.6 Å². The molecule has 2 aromatic heterocycles. The van der Waals surface area contributed by atoms with Crippen LogP contribution < -0.4 is 10.1 Å². The number of hydrogen-bond acceptors (Lipinski definition) is 5. The molecule has 36 heavy (non-hydrogen) atoms. The summed E-state index contributed by atoms with van der Waals surface area (Å²) in [5, 5.41) is 10.5. The summed E-state index contributed by atoms with van der Waals surface area (Å²) in [6.07, 6.45) is 1.48. The third kappa shape index (κ3) is 4.90. The van der Waals surface area contributed by atoms with Crippen molar-refractivity contribution in [1.82, 2.24) is 30.3 Å². The van der Waals surface area contributed by atoms with Crippen molar-refractivity contribution in [2.75, 3.05) is 26.7 Å². The van der Waals surface area contributed by atoms with E-state index in [4.69, 9.17) is 4.74 Å².